The summed E-state index contributed by atoms with van der Waals surface area (Å²) in [4.78, 5) is 2.64. The van der Waals surface area contributed by atoms with Crippen molar-refractivity contribution < 1.29 is 0 Å². The fourth-order valence-corrected chi connectivity index (χ4v) is 4.45. The molecule has 5 unspecified atom stereocenters. The third-order valence-corrected chi connectivity index (χ3v) is 6.01. The van der Waals surface area contributed by atoms with Gasteiger partial charge in [-0.1, -0.05) is 13.8 Å². The lowest BCUT2D eigenvalue weighted by atomic mass is 9.93. The first-order valence-electron chi connectivity index (χ1n) is 7.63. The Morgan fingerprint density at radius 1 is 0.941 bits per heavy atom. The van der Waals surface area contributed by atoms with Crippen LogP contribution in [0.2, 0.25) is 0 Å². The summed E-state index contributed by atoms with van der Waals surface area (Å²) in [5.74, 6) is 1.81. The minimum atomic E-state index is 0.804. The van der Waals surface area contributed by atoms with Gasteiger partial charge in [-0.3, -0.25) is 0 Å². The van der Waals surface area contributed by atoms with Crippen molar-refractivity contribution in [1.82, 2.24) is 10.2 Å². The Hall–Kier alpha value is -0.0800. The minimum Gasteiger partial charge on any atom is -0.311 e. The van der Waals surface area contributed by atoms with Gasteiger partial charge in [0.15, 0.2) is 0 Å². The predicted octanol–water partition coefficient (Wildman–Crippen LogP) is 2.64. The third-order valence-electron chi connectivity index (χ3n) is 6.01. The number of hydrogen-bond donors (Lipinski definition) is 1. The van der Waals surface area contributed by atoms with Crippen LogP contribution in [0.15, 0.2) is 0 Å². The molecule has 0 aromatic carbocycles. The van der Waals surface area contributed by atoms with E-state index in [0.29, 0.717) is 0 Å². The molecule has 17 heavy (non-hydrogen) atoms. The van der Waals surface area contributed by atoms with Crippen LogP contribution in [0.25, 0.3) is 0 Å². The molecule has 2 heteroatoms. The van der Waals surface area contributed by atoms with Crippen LogP contribution < -0.4 is 5.32 Å². The summed E-state index contributed by atoms with van der Waals surface area (Å²) >= 11 is 0. The molecular weight excluding hydrogens is 208 g/mol. The molecule has 2 bridgehead atoms. The Kier molecular flexibility index (Phi) is 3.20. The van der Waals surface area contributed by atoms with Crippen molar-refractivity contribution in [3.8, 4) is 0 Å². The largest absolute Gasteiger partial charge is 0.311 e. The molecule has 2 heterocycles. The smallest absolute Gasteiger partial charge is 0.0111 e. The van der Waals surface area contributed by atoms with Gasteiger partial charge in [-0.25, -0.2) is 0 Å². The number of piperidine rings is 1. The van der Waals surface area contributed by atoms with Crippen molar-refractivity contribution in [1.29, 1.82) is 0 Å². The fourth-order valence-electron chi connectivity index (χ4n) is 4.45. The molecule has 5 atom stereocenters. The molecule has 0 spiro atoms. The summed E-state index contributed by atoms with van der Waals surface area (Å²) < 4.78 is 0. The highest BCUT2D eigenvalue weighted by atomic mass is 15.2. The fraction of sp³-hybridized carbons (Fsp3) is 1.00. The Morgan fingerprint density at radius 3 is 2.12 bits per heavy atom. The molecule has 3 fully saturated rings. The highest BCUT2D eigenvalue weighted by molar-refractivity contribution is 4.98. The molecule has 1 N–H and O–H groups in total. The Morgan fingerprint density at radius 2 is 1.59 bits per heavy atom. The first kappa shape index (κ1) is 12.0. The van der Waals surface area contributed by atoms with Crippen molar-refractivity contribution in [2.75, 3.05) is 7.05 Å². The van der Waals surface area contributed by atoms with E-state index >= 15 is 0 Å². The molecule has 0 radical (unpaired) electrons. The summed E-state index contributed by atoms with van der Waals surface area (Å²) in [5, 5.41) is 3.99. The molecule has 98 valence electrons. The minimum absolute atomic E-state index is 0.804. The second-order valence-corrected chi connectivity index (χ2v) is 6.91. The lowest BCUT2D eigenvalue weighted by Gasteiger charge is -2.38. The van der Waals surface area contributed by atoms with Crippen molar-refractivity contribution >= 4 is 0 Å². The Balaban J connectivity index is 1.57. The van der Waals surface area contributed by atoms with E-state index < -0.39 is 0 Å². The molecule has 1 saturated carbocycles. The third kappa shape index (κ3) is 2.15. The van der Waals surface area contributed by atoms with Gasteiger partial charge < -0.3 is 10.2 Å². The van der Waals surface area contributed by atoms with Crippen molar-refractivity contribution in [2.24, 2.45) is 11.8 Å². The van der Waals surface area contributed by atoms with Crippen LogP contribution in [0.1, 0.15) is 52.4 Å². The van der Waals surface area contributed by atoms with E-state index in [-0.39, 0.29) is 0 Å². The van der Waals surface area contributed by atoms with E-state index in [9.17, 15) is 0 Å². The summed E-state index contributed by atoms with van der Waals surface area (Å²) in [6, 6.07) is 3.36. The van der Waals surface area contributed by atoms with E-state index in [0.717, 1.165) is 36.0 Å². The molecule has 1 aliphatic carbocycles. The quantitative estimate of drug-likeness (QED) is 0.793. The van der Waals surface area contributed by atoms with Crippen molar-refractivity contribution in [2.45, 2.75) is 76.5 Å². The zero-order valence-corrected chi connectivity index (χ0v) is 11.7. The molecular formula is C15H28N2. The topological polar surface area (TPSA) is 15.3 Å². The number of hydrogen-bond acceptors (Lipinski definition) is 2. The van der Waals surface area contributed by atoms with Gasteiger partial charge in [0.1, 0.15) is 0 Å². The number of nitrogens with one attached hydrogen (secondary N) is 1. The lowest BCUT2D eigenvalue weighted by Crippen LogP contribution is -2.50. The Labute approximate surface area is 106 Å². The molecule has 0 aromatic heterocycles. The molecule has 3 aliphatic rings. The SMILES string of the molecule is CC1CCC(NC2CC3CCC(C2)N3C)C1C. The molecule has 3 rings (SSSR count). The maximum Gasteiger partial charge on any atom is 0.0111 e. The van der Waals surface area contributed by atoms with Gasteiger partial charge in [0.05, 0.1) is 0 Å². The van der Waals surface area contributed by atoms with Crippen molar-refractivity contribution in [3.05, 3.63) is 0 Å². The van der Waals surface area contributed by atoms with E-state index in [1.807, 2.05) is 0 Å². The summed E-state index contributed by atoms with van der Waals surface area (Å²) in [5.41, 5.74) is 0. The molecule has 0 aromatic rings. The predicted molar refractivity (Wildman–Crippen MR) is 72.1 cm³/mol. The molecule has 2 saturated heterocycles. The lowest BCUT2D eigenvalue weighted by molar-refractivity contribution is 0.139. The van der Waals surface area contributed by atoms with Crippen LogP contribution in [0.4, 0.5) is 0 Å². The van der Waals surface area contributed by atoms with Crippen LogP contribution in [-0.4, -0.2) is 36.1 Å². The average Bonchev–Trinajstić information content (AvgIpc) is 2.73. The number of nitrogens with zero attached hydrogens (tertiary/aromatic N) is 1. The summed E-state index contributed by atoms with van der Waals surface area (Å²) in [6.45, 7) is 4.86. The van der Waals surface area contributed by atoms with Crippen LogP contribution >= 0.6 is 0 Å². The van der Waals surface area contributed by atoms with Gasteiger partial charge in [0, 0.05) is 24.2 Å². The highest BCUT2D eigenvalue weighted by Crippen LogP contribution is 2.36. The van der Waals surface area contributed by atoms with E-state index in [1.54, 1.807) is 0 Å². The second kappa shape index (κ2) is 4.55. The van der Waals surface area contributed by atoms with Gasteiger partial charge in [-0.2, -0.15) is 0 Å². The van der Waals surface area contributed by atoms with Crippen LogP contribution in [0, 0.1) is 11.8 Å². The van der Waals surface area contributed by atoms with E-state index in [2.05, 4.69) is 31.1 Å². The van der Waals surface area contributed by atoms with Gasteiger partial charge >= 0.3 is 0 Å². The van der Waals surface area contributed by atoms with Crippen LogP contribution in [-0.2, 0) is 0 Å². The van der Waals surface area contributed by atoms with Crippen LogP contribution in [0.5, 0.6) is 0 Å². The zero-order chi connectivity index (χ0) is 12.0. The van der Waals surface area contributed by atoms with Crippen LogP contribution in [0.3, 0.4) is 0 Å². The average molecular weight is 236 g/mol. The number of fused-ring (bicyclic) bond motifs is 2. The Bertz CT molecular complexity index is 264. The maximum absolute atomic E-state index is 3.99. The standard InChI is InChI=1S/C15H28N2/c1-10-4-7-15(11(10)2)16-12-8-13-5-6-14(9-12)17(13)3/h10-16H,4-9H2,1-3H3. The van der Waals surface area contributed by atoms with E-state index in [1.165, 1.54) is 38.5 Å². The molecule has 2 nitrogen and oxygen atoms in total. The summed E-state index contributed by atoms with van der Waals surface area (Å²) in [7, 11) is 2.33. The monoisotopic (exact) mass is 236 g/mol. The zero-order valence-electron chi connectivity index (χ0n) is 11.7. The van der Waals surface area contributed by atoms with E-state index in [4.69, 9.17) is 0 Å². The van der Waals surface area contributed by atoms with Gasteiger partial charge in [-0.15, -0.1) is 0 Å². The van der Waals surface area contributed by atoms with Gasteiger partial charge in [0.25, 0.3) is 0 Å². The maximum atomic E-state index is 3.99. The second-order valence-electron chi connectivity index (χ2n) is 6.91. The number of rotatable bonds is 2. The van der Waals surface area contributed by atoms with Crippen molar-refractivity contribution in [3.63, 3.8) is 0 Å². The molecule has 0 amide bonds. The normalized spacial score (nSPS) is 51.0. The summed E-state index contributed by atoms with van der Waals surface area (Å²) in [6.07, 6.45) is 8.50. The molecule has 2 aliphatic heterocycles. The van der Waals surface area contributed by atoms with Gasteiger partial charge in [0.2, 0.25) is 0 Å². The van der Waals surface area contributed by atoms with Gasteiger partial charge in [-0.05, 0) is 57.4 Å². The highest BCUT2D eigenvalue weighted by Gasteiger charge is 2.40. The first-order chi connectivity index (χ1) is 8.15. The first-order valence-corrected chi connectivity index (χ1v) is 7.63.